The first-order valence-electron chi connectivity index (χ1n) is 7.09. The number of carbonyl (C=O) groups is 1. The Morgan fingerprint density at radius 1 is 1.42 bits per heavy atom. The molecule has 0 spiro atoms. The van der Waals surface area contributed by atoms with E-state index < -0.39 is 0 Å². The van der Waals surface area contributed by atoms with E-state index in [4.69, 9.17) is 4.74 Å². The third kappa shape index (κ3) is 3.00. The molecule has 0 N–H and O–H groups in total. The zero-order valence-electron chi connectivity index (χ0n) is 12.1. The molecule has 0 radical (unpaired) electrons. The second-order valence-electron chi connectivity index (χ2n) is 5.32. The molecule has 1 amide bonds. The monoisotopic (exact) mass is 264 g/mol. The average molecular weight is 264 g/mol. The summed E-state index contributed by atoms with van der Waals surface area (Å²) >= 11 is 0. The Kier molecular flexibility index (Phi) is 4.64. The van der Waals surface area contributed by atoms with Gasteiger partial charge in [-0.05, 0) is 31.9 Å². The molecule has 2 atom stereocenters. The summed E-state index contributed by atoms with van der Waals surface area (Å²) in [6, 6.07) is 4.35. The van der Waals surface area contributed by atoms with Gasteiger partial charge in [-0.15, -0.1) is 0 Å². The average Bonchev–Trinajstić information content (AvgIpc) is 2.70. The van der Waals surface area contributed by atoms with Crippen molar-refractivity contribution in [3.63, 3.8) is 0 Å². The maximum Gasteiger partial charge on any atom is 0.251 e. The van der Waals surface area contributed by atoms with Crippen LogP contribution in [0.15, 0.2) is 18.3 Å². The number of nitrogens with zero attached hydrogens (tertiary/aromatic N) is 2. The largest absolute Gasteiger partial charge is 0.372 e. The SMILES string of the molecule is COC(C)C(=O)N1CCCCCC1c1cccn1C. The van der Waals surface area contributed by atoms with Crippen LogP contribution in [0.5, 0.6) is 0 Å². The number of likely N-dealkylation sites (tertiary alicyclic amines) is 1. The molecule has 1 aliphatic rings. The van der Waals surface area contributed by atoms with Crippen molar-refractivity contribution < 1.29 is 9.53 Å². The molecule has 1 fully saturated rings. The van der Waals surface area contributed by atoms with Crippen LogP contribution in [0.2, 0.25) is 0 Å². The van der Waals surface area contributed by atoms with Crippen LogP contribution >= 0.6 is 0 Å². The number of methoxy groups -OCH3 is 1. The van der Waals surface area contributed by atoms with E-state index in [1.807, 2.05) is 31.1 Å². The number of aryl methyl sites for hydroxylation is 1. The highest BCUT2D eigenvalue weighted by molar-refractivity contribution is 5.81. The van der Waals surface area contributed by atoms with Gasteiger partial charge < -0.3 is 14.2 Å². The van der Waals surface area contributed by atoms with Crippen molar-refractivity contribution in [2.75, 3.05) is 13.7 Å². The molecule has 0 aromatic carbocycles. The number of hydrogen-bond donors (Lipinski definition) is 0. The molecular weight excluding hydrogens is 240 g/mol. The van der Waals surface area contributed by atoms with Gasteiger partial charge in [-0.3, -0.25) is 4.79 Å². The van der Waals surface area contributed by atoms with Crippen LogP contribution in [0.1, 0.15) is 44.3 Å². The summed E-state index contributed by atoms with van der Waals surface area (Å²) in [5, 5.41) is 0. The molecule has 1 saturated heterocycles. The molecule has 4 nitrogen and oxygen atoms in total. The molecule has 2 rings (SSSR count). The second-order valence-corrected chi connectivity index (χ2v) is 5.32. The molecule has 0 aliphatic carbocycles. The maximum absolute atomic E-state index is 12.5. The maximum atomic E-state index is 12.5. The summed E-state index contributed by atoms with van der Waals surface area (Å²) in [7, 11) is 3.64. The van der Waals surface area contributed by atoms with Crippen LogP contribution < -0.4 is 0 Å². The van der Waals surface area contributed by atoms with Gasteiger partial charge in [0.25, 0.3) is 5.91 Å². The molecule has 0 saturated carbocycles. The van der Waals surface area contributed by atoms with Crippen molar-refractivity contribution in [2.24, 2.45) is 7.05 Å². The summed E-state index contributed by atoms with van der Waals surface area (Å²) in [6.45, 7) is 2.66. The Balaban J connectivity index is 2.26. The van der Waals surface area contributed by atoms with Crippen molar-refractivity contribution >= 4 is 5.91 Å². The van der Waals surface area contributed by atoms with Gasteiger partial charge in [0, 0.05) is 32.6 Å². The van der Waals surface area contributed by atoms with Gasteiger partial charge in [0.2, 0.25) is 0 Å². The molecule has 106 valence electrons. The number of hydrogen-bond acceptors (Lipinski definition) is 2. The second kappa shape index (κ2) is 6.24. The third-order valence-electron chi connectivity index (χ3n) is 4.06. The quantitative estimate of drug-likeness (QED) is 0.840. The first-order valence-corrected chi connectivity index (χ1v) is 7.09. The van der Waals surface area contributed by atoms with Gasteiger partial charge in [0.1, 0.15) is 6.10 Å². The zero-order chi connectivity index (χ0) is 13.8. The van der Waals surface area contributed by atoms with E-state index in [0.29, 0.717) is 0 Å². The van der Waals surface area contributed by atoms with Crippen LogP contribution in [0.4, 0.5) is 0 Å². The summed E-state index contributed by atoms with van der Waals surface area (Å²) in [6.07, 6.45) is 6.19. The first-order chi connectivity index (χ1) is 9.15. The predicted octanol–water partition coefficient (Wildman–Crippen LogP) is 2.50. The fourth-order valence-electron chi connectivity index (χ4n) is 2.83. The zero-order valence-corrected chi connectivity index (χ0v) is 12.1. The molecule has 1 aromatic heterocycles. The lowest BCUT2D eigenvalue weighted by atomic mass is 10.1. The molecule has 4 heteroatoms. The minimum Gasteiger partial charge on any atom is -0.372 e. The Morgan fingerprint density at radius 2 is 2.21 bits per heavy atom. The Bertz CT molecular complexity index is 428. The number of aromatic nitrogens is 1. The van der Waals surface area contributed by atoms with Crippen molar-refractivity contribution in [1.82, 2.24) is 9.47 Å². The van der Waals surface area contributed by atoms with Gasteiger partial charge >= 0.3 is 0 Å². The molecule has 1 aromatic rings. The molecule has 0 bridgehead atoms. The fourth-order valence-corrected chi connectivity index (χ4v) is 2.83. The van der Waals surface area contributed by atoms with Crippen LogP contribution in [-0.4, -0.2) is 35.1 Å². The standard InChI is InChI=1S/C15H24N2O2/c1-12(19-3)15(18)17-11-6-4-5-8-14(17)13-9-7-10-16(13)2/h7,9-10,12,14H,4-6,8,11H2,1-3H3. The highest BCUT2D eigenvalue weighted by Crippen LogP contribution is 2.30. The lowest BCUT2D eigenvalue weighted by molar-refractivity contribution is -0.143. The highest BCUT2D eigenvalue weighted by Gasteiger charge is 2.30. The fraction of sp³-hybridized carbons (Fsp3) is 0.667. The highest BCUT2D eigenvalue weighted by atomic mass is 16.5. The van der Waals surface area contributed by atoms with E-state index in [-0.39, 0.29) is 18.1 Å². The van der Waals surface area contributed by atoms with E-state index in [1.165, 1.54) is 18.5 Å². The van der Waals surface area contributed by atoms with Gasteiger partial charge in [-0.1, -0.05) is 12.8 Å². The predicted molar refractivity (Wildman–Crippen MR) is 74.8 cm³/mol. The number of rotatable bonds is 3. The topological polar surface area (TPSA) is 34.5 Å². The molecular formula is C15H24N2O2. The Morgan fingerprint density at radius 3 is 2.84 bits per heavy atom. The summed E-state index contributed by atoms with van der Waals surface area (Å²) in [5.74, 6) is 0.107. The minimum absolute atomic E-state index is 0.107. The molecule has 19 heavy (non-hydrogen) atoms. The Labute approximate surface area is 115 Å². The van der Waals surface area contributed by atoms with Crippen LogP contribution in [0.25, 0.3) is 0 Å². The minimum atomic E-state index is -0.360. The number of ether oxygens (including phenoxy) is 1. The van der Waals surface area contributed by atoms with E-state index >= 15 is 0 Å². The number of amides is 1. The molecule has 1 aliphatic heterocycles. The van der Waals surface area contributed by atoms with Crippen molar-refractivity contribution in [2.45, 2.75) is 44.8 Å². The number of carbonyl (C=O) groups excluding carboxylic acids is 1. The Hall–Kier alpha value is -1.29. The van der Waals surface area contributed by atoms with E-state index in [9.17, 15) is 4.79 Å². The third-order valence-corrected chi connectivity index (χ3v) is 4.06. The van der Waals surface area contributed by atoms with E-state index in [1.54, 1.807) is 7.11 Å². The molecule has 2 unspecified atom stereocenters. The van der Waals surface area contributed by atoms with E-state index in [0.717, 1.165) is 19.4 Å². The summed E-state index contributed by atoms with van der Waals surface area (Å²) in [4.78, 5) is 14.5. The van der Waals surface area contributed by atoms with Gasteiger partial charge in [-0.25, -0.2) is 0 Å². The summed E-state index contributed by atoms with van der Waals surface area (Å²) < 4.78 is 7.32. The van der Waals surface area contributed by atoms with Gasteiger partial charge in [0.05, 0.1) is 6.04 Å². The van der Waals surface area contributed by atoms with Crippen LogP contribution in [0.3, 0.4) is 0 Å². The normalized spacial score (nSPS) is 22.1. The molecule has 2 heterocycles. The van der Waals surface area contributed by atoms with E-state index in [2.05, 4.69) is 10.6 Å². The smallest absolute Gasteiger partial charge is 0.251 e. The first kappa shape index (κ1) is 14.1. The van der Waals surface area contributed by atoms with Gasteiger partial charge in [0.15, 0.2) is 0 Å². The van der Waals surface area contributed by atoms with Crippen LogP contribution in [0, 0.1) is 0 Å². The lowest BCUT2D eigenvalue weighted by Gasteiger charge is -2.32. The van der Waals surface area contributed by atoms with Crippen molar-refractivity contribution in [3.8, 4) is 0 Å². The van der Waals surface area contributed by atoms with Crippen molar-refractivity contribution in [1.29, 1.82) is 0 Å². The summed E-state index contributed by atoms with van der Waals surface area (Å²) in [5.41, 5.74) is 1.22. The van der Waals surface area contributed by atoms with Gasteiger partial charge in [-0.2, -0.15) is 0 Å². The van der Waals surface area contributed by atoms with Crippen molar-refractivity contribution in [3.05, 3.63) is 24.0 Å². The van der Waals surface area contributed by atoms with Crippen LogP contribution in [-0.2, 0) is 16.6 Å². The lowest BCUT2D eigenvalue weighted by Crippen LogP contribution is -2.41.